The maximum absolute atomic E-state index is 5.85. The van der Waals surface area contributed by atoms with Gasteiger partial charge in [0.05, 0.1) is 13.2 Å². The Morgan fingerprint density at radius 2 is 1.93 bits per heavy atom. The molecule has 82 valence electrons. The number of hydrogen-bond donors (Lipinski definition) is 0. The Labute approximate surface area is 86.4 Å². The first-order valence-corrected chi connectivity index (χ1v) is 5.65. The minimum absolute atomic E-state index is 0.220. The Kier molecular flexibility index (Phi) is 3.10. The van der Waals surface area contributed by atoms with Crippen molar-refractivity contribution in [3.05, 3.63) is 0 Å². The lowest BCUT2D eigenvalue weighted by Crippen LogP contribution is -2.46. The fraction of sp³-hybridized carbons (Fsp3) is 1.00. The van der Waals surface area contributed by atoms with Crippen molar-refractivity contribution in [2.24, 2.45) is 5.92 Å². The van der Waals surface area contributed by atoms with E-state index in [0.717, 1.165) is 26.2 Å². The molecule has 1 saturated carbocycles. The van der Waals surface area contributed by atoms with Crippen LogP contribution in [0.4, 0.5) is 0 Å². The van der Waals surface area contributed by atoms with E-state index in [-0.39, 0.29) is 5.79 Å². The molecule has 0 aromatic heterocycles. The molecule has 2 rings (SSSR count). The molecule has 1 atom stereocenters. The summed E-state index contributed by atoms with van der Waals surface area (Å²) in [7, 11) is 4.24. The van der Waals surface area contributed by atoms with Crippen molar-refractivity contribution in [1.82, 2.24) is 4.90 Å². The largest absolute Gasteiger partial charge is 0.347 e. The molecule has 0 amide bonds. The molecule has 1 aliphatic heterocycles. The first kappa shape index (κ1) is 10.4. The Hall–Kier alpha value is -0.120. The lowest BCUT2D eigenvalue weighted by Gasteiger charge is -2.40. The van der Waals surface area contributed by atoms with Crippen LogP contribution in [0.15, 0.2) is 0 Å². The second kappa shape index (κ2) is 4.17. The van der Waals surface area contributed by atoms with E-state index in [1.54, 1.807) is 0 Å². The van der Waals surface area contributed by atoms with Crippen LogP contribution in [0.5, 0.6) is 0 Å². The van der Waals surface area contributed by atoms with E-state index in [9.17, 15) is 0 Å². The number of rotatable bonds is 2. The monoisotopic (exact) mass is 199 g/mol. The van der Waals surface area contributed by atoms with Gasteiger partial charge in [-0.05, 0) is 26.9 Å². The minimum Gasteiger partial charge on any atom is -0.347 e. The van der Waals surface area contributed by atoms with Gasteiger partial charge >= 0.3 is 0 Å². The molecular weight excluding hydrogens is 178 g/mol. The van der Waals surface area contributed by atoms with Crippen LogP contribution in [0.25, 0.3) is 0 Å². The highest BCUT2D eigenvalue weighted by atomic mass is 16.7. The zero-order valence-corrected chi connectivity index (χ0v) is 9.29. The summed E-state index contributed by atoms with van der Waals surface area (Å²) in [5.74, 6) is 0.344. The zero-order chi connectivity index (χ0) is 10.0. The van der Waals surface area contributed by atoms with Crippen molar-refractivity contribution in [3.63, 3.8) is 0 Å². The van der Waals surface area contributed by atoms with E-state index in [4.69, 9.17) is 9.47 Å². The number of ether oxygens (including phenoxy) is 2. The van der Waals surface area contributed by atoms with Gasteiger partial charge in [0.15, 0.2) is 5.79 Å². The summed E-state index contributed by atoms with van der Waals surface area (Å²) < 4.78 is 11.7. The maximum atomic E-state index is 5.85. The van der Waals surface area contributed by atoms with Crippen molar-refractivity contribution in [1.29, 1.82) is 0 Å². The predicted octanol–water partition coefficient (Wildman–Crippen LogP) is 1.48. The van der Waals surface area contributed by atoms with Gasteiger partial charge in [-0.1, -0.05) is 6.42 Å². The van der Waals surface area contributed by atoms with Gasteiger partial charge in [-0.15, -0.1) is 0 Å². The molecule has 1 heterocycles. The van der Waals surface area contributed by atoms with Crippen LogP contribution in [0.1, 0.15) is 25.7 Å². The van der Waals surface area contributed by atoms with Gasteiger partial charge in [0, 0.05) is 18.9 Å². The van der Waals surface area contributed by atoms with Crippen molar-refractivity contribution >= 4 is 0 Å². The number of nitrogens with zero attached hydrogens (tertiary/aromatic N) is 1. The molecular formula is C11H21NO2. The summed E-state index contributed by atoms with van der Waals surface area (Å²) in [5, 5.41) is 0. The molecule has 1 saturated heterocycles. The van der Waals surface area contributed by atoms with E-state index in [1.807, 2.05) is 0 Å². The molecule has 1 spiro atoms. The first-order valence-electron chi connectivity index (χ1n) is 5.65. The van der Waals surface area contributed by atoms with E-state index in [0.29, 0.717) is 5.92 Å². The minimum atomic E-state index is -0.220. The van der Waals surface area contributed by atoms with Crippen molar-refractivity contribution in [2.45, 2.75) is 31.5 Å². The SMILES string of the molecule is CN(C)CC1CCCCC12OCCO2. The molecule has 1 unspecified atom stereocenters. The van der Waals surface area contributed by atoms with Crippen LogP contribution in [0, 0.1) is 5.92 Å². The van der Waals surface area contributed by atoms with Crippen LogP contribution in [0.3, 0.4) is 0 Å². The lowest BCUT2D eigenvalue weighted by atomic mass is 9.83. The van der Waals surface area contributed by atoms with Crippen LogP contribution in [0.2, 0.25) is 0 Å². The highest BCUT2D eigenvalue weighted by Gasteiger charge is 2.45. The molecule has 3 nitrogen and oxygen atoms in total. The standard InChI is InChI=1S/C11H21NO2/c1-12(2)9-10-5-3-4-6-11(10)13-7-8-14-11/h10H,3-9H2,1-2H3. The van der Waals surface area contributed by atoms with E-state index in [2.05, 4.69) is 19.0 Å². The fourth-order valence-electron chi connectivity index (χ4n) is 2.71. The third kappa shape index (κ3) is 1.95. The molecule has 2 fully saturated rings. The Bertz CT molecular complexity index is 188. The molecule has 0 aromatic carbocycles. The third-order valence-electron chi connectivity index (χ3n) is 3.31. The van der Waals surface area contributed by atoms with Crippen molar-refractivity contribution in [2.75, 3.05) is 33.9 Å². The Balaban J connectivity index is 2.02. The van der Waals surface area contributed by atoms with Crippen LogP contribution in [-0.4, -0.2) is 44.5 Å². The summed E-state index contributed by atoms with van der Waals surface area (Å²) >= 11 is 0. The molecule has 1 aliphatic carbocycles. The lowest BCUT2D eigenvalue weighted by molar-refractivity contribution is -0.214. The van der Waals surface area contributed by atoms with Gasteiger partial charge in [0.1, 0.15) is 0 Å². The summed E-state index contributed by atoms with van der Waals surface area (Å²) in [6.07, 6.45) is 4.92. The average Bonchev–Trinajstić information content (AvgIpc) is 2.58. The molecule has 3 heteroatoms. The smallest absolute Gasteiger partial charge is 0.172 e. The second-order valence-electron chi connectivity index (χ2n) is 4.71. The van der Waals surface area contributed by atoms with Gasteiger partial charge < -0.3 is 14.4 Å². The fourth-order valence-corrected chi connectivity index (χ4v) is 2.71. The zero-order valence-electron chi connectivity index (χ0n) is 9.29. The van der Waals surface area contributed by atoms with Gasteiger partial charge in [0.2, 0.25) is 0 Å². The second-order valence-corrected chi connectivity index (χ2v) is 4.71. The molecule has 0 aromatic rings. The quantitative estimate of drug-likeness (QED) is 0.672. The van der Waals surface area contributed by atoms with Gasteiger partial charge in [-0.3, -0.25) is 0 Å². The summed E-state index contributed by atoms with van der Waals surface area (Å²) in [4.78, 5) is 2.24. The van der Waals surface area contributed by atoms with Crippen LogP contribution < -0.4 is 0 Å². The maximum Gasteiger partial charge on any atom is 0.172 e. The van der Waals surface area contributed by atoms with Crippen LogP contribution in [-0.2, 0) is 9.47 Å². The summed E-state index contributed by atoms with van der Waals surface area (Å²) in [6.45, 7) is 2.65. The number of hydrogen-bond acceptors (Lipinski definition) is 3. The van der Waals surface area contributed by atoms with Crippen molar-refractivity contribution in [3.8, 4) is 0 Å². The molecule has 0 bridgehead atoms. The Morgan fingerprint density at radius 1 is 1.21 bits per heavy atom. The topological polar surface area (TPSA) is 21.7 Å². The molecule has 0 radical (unpaired) electrons. The normalized spacial score (nSPS) is 31.5. The highest BCUT2D eigenvalue weighted by Crippen LogP contribution is 2.40. The summed E-state index contributed by atoms with van der Waals surface area (Å²) in [6, 6.07) is 0. The molecule has 14 heavy (non-hydrogen) atoms. The van der Waals surface area contributed by atoms with Gasteiger partial charge in [-0.2, -0.15) is 0 Å². The van der Waals surface area contributed by atoms with Gasteiger partial charge in [-0.25, -0.2) is 0 Å². The average molecular weight is 199 g/mol. The highest BCUT2D eigenvalue weighted by molar-refractivity contribution is 4.87. The van der Waals surface area contributed by atoms with E-state index < -0.39 is 0 Å². The van der Waals surface area contributed by atoms with Crippen LogP contribution >= 0.6 is 0 Å². The summed E-state index contributed by atoms with van der Waals surface area (Å²) in [5.41, 5.74) is 0. The molecule has 2 aliphatic rings. The Morgan fingerprint density at radius 3 is 2.57 bits per heavy atom. The first-order chi connectivity index (χ1) is 6.73. The third-order valence-corrected chi connectivity index (χ3v) is 3.31. The molecule has 0 N–H and O–H groups in total. The predicted molar refractivity (Wildman–Crippen MR) is 55.1 cm³/mol. The van der Waals surface area contributed by atoms with Gasteiger partial charge in [0.25, 0.3) is 0 Å². The van der Waals surface area contributed by atoms with E-state index >= 15 is 0 Å². The van der Waals surface area contributed by atoms with E-state index in [1.165, 1.54) is 19.3 Å². The van der Waals surface area contributed by atoms with Crippen molar-refractivity contribution < 1.29 is 9.47 Å².